The zero-order chi connectivity index (χ0) is 14.7. The SMILES string of the molecule is O=C1CC[C@H](CCc2ccc(F)cc2)N1c1ccccn1. The van der Waals surface area contributed by atoms with Crippen LogP contribution in [-0.4, -0.2) is 16.9 Å². The second kappa shape index (κ2) is 6.04. The molecule has 0 bridgehead atoms. The number of benzene rings is 1. The summed E-state index contributed by atoms with van der Waals surface area (Å²) in [6, 6.07) is 12.3. The molecule has 0 saturated carbocycles. The number of halogens is 1. The molecule has 3 rings (SSSR count). The highest BCUT2D eigenvalue weighted by molar-refractivity contribution is 5.95. The predicted octanol–water partition coefficient (Wildman–Crippen LogP) is 3.35. The molecule has 0 unspecified atom stereocenters. The van der Waals surface area contributed by atoms with Crippen molar-refractivity contribution in [2.45, 2.75) is 31.7 Å². The van der Waals surface area contributed by atoms with Crippen molar-refractivity contribution < 1.29 is 9.18 Å². The number of aromatic nitrogens is 1. The van der Waals surface area contributed by atoms with Crippen LogP contribution in [0.2, 0.25) is 0 Å². The van der Waals surface area contributed by atoms with Gasteiger partial charge in [0.05, 0.1) is 0 Å². The van der Waals surface area contributed by atoms with Crippen molar-refractivity contribution in [1.29, 1.82) is 0 Å². The molecular formula is C17H17FN2O. The maximum Gasteiger partial charge on any atom is 0.228 e. The first kappa shape index (κ1) is 13.7. The van der Waals surface area contributed by atoms with E-state index in [1.165, 1.54) is 12.1 Å². The minimum Gasteiger partial charge on any atom is -0.294 e. The summed E-state index contributed by atoms with van der Waals surface area (Å²) in [6.45, 7) is 0. The molecule has 21 heavy (non-hydrogen) atoms. The average Bonchev–Trinajstić information content (AvgIpc) is 2.88. The highest BCUT2D eigenvalue weighted by Crippen LogP contribution is 2.27. The lowest BCUT2D eigenvalue weighted by Crippen LogP contribution is -2.33. The minimum atomic E-state index is -0.218. The fraction of sp³-hybridized carbons (Fsp3) is 0.294. The number of carbonyl (C=O) groups excluding carboxylic acids is 1. The first-order valence-electron chi connectivity index (χ1n) is 7.21. The number of aryl methyl sites for hydroxylation is 1. The molecule has 108 valence electrons. The zero-order valence-electron chi connectivity index (χ0n) is 11.7. The van der Waals surface area contributed by atoms with Crippen molar-refractivity contribution in [2.75, 3.05) is 4.90 Å². The molecule has 0 radical (unpaired) electrons. The summed E-state index contributed by atoms with van der Waals surface area (Å²) in [5, 5.41) is 0. The van der Waals surface area contributed by atoms with Crippen molar-refractivity contribution in [3.8, 4) is 0 Å². The second-order valence-electron chi connectivity index (χ2n) is 5.31. The molecule has 1 saturated heterocycles. The van der Waals surface area contributed by atoms with Crippen LogP contribution in [-0.2, 0) is 11.2 Å². The fourth-order valence-corrected chi connectivity index (χ4v) is 2.81. The molecule has 0 aliphatic carbocycles. The molecule has 3 nitrogen and oxygen atoms in total. The van der Waals surface area contributed by atoms with Crippen LogP contribution < -0.4 is 4.90 Å². The van der Waals surface area contributed by atoms with Crippen LogP contribution in [0.4, 0.5) is 10.2 Å². The Hall–Kier alpha value is -2.23. The third-order valence-corrected chi connectivity index (χ3v) is 3.90. The third kappa shape index (κ3) is 3.10. The van der Waals surface area contributed by atoms with Gasteiger partial charge in [0, 0.05) is 18.7 Å². The molecule has 1 aromatic heterocycles. The summed E-state index contributed by atoms with van der Waals surface area (Å²) in [4.78, 5) is 18.2. The predicted molar refractivity (Wildman–Crippen MR) is 79.5 cm³/mol. The van der Waals surface area contributed by atoms with Gasteiger partial charge in [-0.25, -0.2) is 9.37 Å². The number of amides is 1. The number of rotatable bonds is 4. The first-order chi connectivity index (χ1) is 10.2. The van der Waals surface area contributed by atoms with Crippen molar-refractivity contribution in [1.82, 2.24) is 4.98 Å². The average molecular weight is 284 g/mol. The monoisotopic (exact) mass is 284 g/mol. The van der Waals surface area contributed by atoms with Crippen LogP contribution in [0.3, 0.4) is 0 Å². The van der Waals surface area contributed by atoms with E-state index in [2.05, 4.69) is 4.98 Å². The molecular weight excluding hydrogens is 267 g/mol. The van der Waals surface area contributed by atoms with Gasteiger partial charge in [0.15, 0.2) is 0 Å². The third-order valence-electron chi connectivity index (χ3n) is 3.90. The van der Waals surface area contributed by atoms with Crippen LogP contribution in [0.1, 0.15) is 24.8 Å². The Kier molecular flexibility index (Phi) is 3.95. The van der Waals surface area contributed by atoms with E-state index in [0.29, 0.717) is 6.42 Å². The van der Waals surface area contributed by atoms with Crippen molar-refractivity contribution in [3.05, 3.63) is 60.0 Å². The van der Waals surface area contributed by atoms with Gasteiger partial charge in [-0.2, -0.15) is 0 Å². The first-order valence-corrected chi connectivity index (χ1v) is 7.21. The maximum absolute atomic E-state index is 12.9. The Morgan fingerprint density at radius 1 is 1.19 bits per heavy atom. The van der Waals surface area contributed by atoms with Gasteiger partial charge in [-0.3, -0.25) is 9.69 Å². The highest BCUT2D eigenvalue weighted by Gasteiger charge is 2.32. The van der Waals surface area contributed by atoms with Crippen LogP contribution in [0.5, 0.6) is 0 Å². The molecule has 4 heteroatoms. The van der Waals surface area contributed by atoms with Gasteiger partial charge in [-0.15, -0.1) is 0 Å². The quantitative estimate of drug-likeness (QED) is 0.862. The minimum absolute atomic E-state index is 0.137. The summed E-state index contributed by atoms with van der Waals surface area (Å²) in [7, 11) is 0. The standard InChI is InChI=1S/C17H17FN2O/c18-14-7-4-13(5-8-14)6-9-15-10-11-17(21)20(15)16-3-1-2-12-19-16/h1-5,7-8,12,15H,6,9-11H2/t15-/m0/s1. The highest BCUT2D eigenvalue weighted by atomic mass is 19.1. The number of nitrogens with zero attached hydrogens (tertiary/aromatic N) is 2. The largest absolute Gasteiger partial charge is 0.294 e. The van der Waals surface area contributed by atoms with Crippen LogP contribution >= 0.6 is 0 Å². The van der Waals surface area contributed by atoms with E-state index in [4.69, 9.17) is 0 Å². The zero-order valence-corrected chi connectivity index (χ0v) is 11.7. The normalized spacial score (nSPS) is 18.2. The molecule has 1 amide bonds. The van der Waals surface area contributed by atoms with E-state index in [-0.39, 0.29) is 17.8 Å². The summed E-state index contributed by atoms with van der Waals surface area (Å²) >= 11 is 0. The summed E-state index contributed by atoms with van der Waals surface area (Å²) in [6.07, 6.45) is 4.84. The van der Waals surface area contributed by atoms with E-state index in [0.717, 1.165) is 30.6 Å². The van der Waals surface area contributed by atoms with E-state index in [9.17, 15) is 9.18 Å². The molecule has 0 N–H and O–H groups in total. The van der Waals surface area contributed by atoms with E-state index in [1.807, 2.05) is 23.1 Å². The summed E-state index contributed by atoms with van der Waals surface area (Å²) < 4.78 is 12.9. The van der Waals surface area contributed by atoms with Gasteiger partial charge in [-0.1, -0.05) is 18.2 Å². The molecule has 1 atom stereocenters. The molecule has 0 spiro atoms. The smallest absolute Gasteiger partial charge is 0.228 e. The van der Waals surface area contributed by atoms with Gasteiger partial charge >= 0.3 is 0 Å². The number of anilines is 1. The fourth-order valence-electron chi connectivity index (χ4n) is 2.81. The van der Waals surface area contributed by atoms with Gasteiger partial charge in [0.25, 0.3) is 0 Å². The number of hydrogen-bond acceptors (Lipinski definition) is 2. The van der Waals surface area contributed by atoms with Crippen molar-refractivity contribution in [2.24, 2.45) is 0 Å². The van der Waals surface area contributed by atoms with Gasteiger partial charge in [0.1, 0.15) is 11.6 Å². The summed E-state index contributed by atoms with van der Waals surface area (Å²) in [5.41, 5.74) is 1.09. The van der Waals surface area contributed by atoms with E-state index < -0.39 is 0 Å². The van der Waals surface area contributed by atoms with Crippen LogP contribution in [0.25, 0.3) is 0 Å². The van der Waals surface area contributed by atoms with Gasteiger partial charge in [-0.05, 0) is 49.1 Å². The lowest BCUT2D eigenvalue weighted by Gasteiger charge is -2.23. The lowest BCUT2D eigenvalue weighted by atomic mass is 10.0. The van der Waals surface area contributed by atoms with Gasteiger partial charge in [0.2, 0.25) is 5.91 Å². The Morgan fingerprint density at radius 3 is 2.71 bits per heavy atom. The molecule has 1 aliphatic heterocycles. The Bertz CT molecular complexity index is 612. The number of hydrogen-bond donors (Lipinski definition) is 0. The molecule has 2 aromatic rings. The van der Waals surface area contributed by atoms with Crippen molar-refractivity contribution >= 4 is 11.7 Å². The van der Waals surface area contributed by atoms with E-state index >= 15 is 0 Å². The molecule has 2 heterocycles. The number of pyridine rings is 1. The van der Waals surface area contributed by atoms with Gasteiger partial charge < -0.3 is 0 Å². The molecule has 1 aliphatic rings. The second-order valence-corrected chi connectivity index (χ2v) is 5.31. The van der Waals surface area contributed by atoms with Crippen LogP contribution in [0.15, 0.2) is 48.7 Å². The van der Waals surface area contributed by atoms with Crippen molar-refractivity contribution in [3.63, 3.8) is 0 Å². The summed E-state index contributed by atoms with van der Waals surface area (Å²) in [5.74, 6) is 0.645. The Labute approximate surface area is 123 Å². The van der Waals surface area contributed by atoms with E-state index in [1.54, 1.807) is 18.3 Å². The Balaban J connectivity index is 1.69. The number of carbonyl (C=O) groups is 1. The maximum atomic E-state index is 12.9. The molecule has 1 fully saturated rings. The topological polar surface area (TPSA) is 33.2 Å². The lowest BCUT2D eigenvalue weighted by molar-refractivity contribution is -0.117. The molecule has 1 aromatic carbocycles. The van der Waals surface area contributed by atoms with Crippen LogP contribution in [0, 0.1) is 5.82 Å². The Morgan fingerprint density at radius 2 is 2.00 bits per heavy atom.